The largest absolute Gasteiger partial charge is 0.149 e. The van der Waals surface area contributed by atoms with E-state index in [0.29, 0.717) is 0 Å². The van der Waals surface area contributed by atoms with Crippen LogP contribution in [0.4, 0.5) is 0 Å². The van der Waals surface area contributed by atoms with Crippen molar-refractivity contribution in [2.24, 2.45) is 0 Å². The van der Waals surface area contributed by atoms with Gasteiger partial charge >= 0.3 is 0 Å². The highest BCUT2D eigenvalue weighted by Crippen LogP contribution is 2.34. The summed E-state index contributed by atoms with van der Waals surface area (Å²) in [6.45, 7) is 1.89. The molecule has 0 N–H and O–H groups in total. The maximum atomic E-state index is 5.96. The van der Waals surface area contributed by atoms with E-state index < -0.39 is 0 Å². The average Bonchev–Trinajstić information content (AvgIpc) is 2.70. The van der Waals surface area contributed by atoms with E-state index in [2.05, 4.69) is 42.1 Å². The molecule has 0 bridgehead atoms. The normalized spacial score (nSPS) is 12.8. The fraction of sp³-hybridized carbons (Fsp3) is 0.200. The van der Waals surface area contributed by atoms with E-state index >= 15 is 0 Å². The summed E-state index contributed by atoms with van der Waals surface area (Å²) in [5, 5.41) is 9.81. The Balaban J connectivity index is 2.46. The number of hydrogen-bond acceptors (Lipinski definition) is 3. The standard InChI is InChI=1S/C10H7Br2ClN2S/c1-5(13)9-14-15-10(16-9)7-4-6(11)2-3-8(7)12/h2-5H,1H3. The molecular weight excluding hydrogens is 375 g/mol. The van der Waals surface area contributed by atoms with Crippen molar-refractivity contribution in [1.29, 1.82) is 0 Å². The Bertz CT molecular complexity index is 513. The second-order valence-corrected chi connectivity index (χ2v) is 6.62. The van der Waals surface area contributed by atoms with Crippen LogP contribution in [0.3, 0.4) is 0 Å². The minimum atomic E-state index is -0.0998. The highest BCUT2D eigenvalue weighted by Gasteiger charge is 2.13. The zero-order chi connectivity index (χ0) is 11.7. The first-order valence-electron chi connectivity index (χ1n) is 4.51. The summed E-state index contributed by atoms with van der Waals surface area (Å²) in [7, 11) is 0. The molecule has 1 unspecified atom stereocenters. The molecule has 84 valence electrons. The van der Waals surface area contributed by atoms with Crippen LogP contribution in [0.2, 0.25) is 0 Å². The van der Waals surface area contributed by atoms with Crippen LogP contribution in [0.25, 0.3) is 10.6 Å². The Kier molecular flexibility index (Phi) is 4.00. The van der Waals surface area contributed by atoms with Crippen LogP contribution < -0.4 is 0 Å². The van der Waals surface area contributed by atoms with Crippen LogP contribution in [0.5, 0.6) is 0 Å². The number of halogens is 3. The summed E-state index contributed by atoms with van der Waals surface area (Å²) in [6, 6.07) is 5.96. The third kappa shape index (κ3) is 2.64. The van der Waals surface area contributed by atoms with Gasteiger partial charge in [0.2, 0.25) is 0 Å². The maximum Gasteiger partial charge on any atom is 0.149 e. The van der Waals surface area contributed by atoms with E-state index in [0.717, 1.165) is 24.5 Å². The van der Waals surface area contributed by atoms with Crippen molar-refractivity contribution in [3.8, 4) is 10.6 Å². The zero-order valence-electron chi connectivity index (χ0n) is 8.25. The van der Waals surface area contributed by atoms with E-state index in [1.165, 1.54) is 11.3 Å². The average molecular weight is 383 g/mol. The fourth-order valence-electron chi connectivity index (χ4n) is 1.17. The topological polar surface area (TPSA) is 25.8 Å². The Morgan fingerprint density at radius 3 is 2.69 bits per heavy atom. The SMILES string of the molecule is CC(Cl)c1nnc(-c2cc(Br)ccc2Br)s1. The van der Waals surface area contributed by atoms with Gasteiger partial charge in [-0.05, 0) is 25.1 Å². The molecule has 0 saturated carbocycles. The lowest BCUT2D eigenvalue weighted by atomic mass is 10.2. The first-order valence-corrected chi connectivity index (χ1v) is 7.34. The molecule has 2 nitrogen and oxygen atoms in total. The highest BCUT2D eigenvalue weighted by atomic mass is 79.9. The predicted octanol–water partition coefficient (Wildman–Crippen LogP) is 5.03. The second-order valence-electron chi connectivity index (χ2n) is 3.19. The molecule has 1 aromatic heterocycles. The minimum absolute atomic E-state index is 0.0998. The Morgan fingerprint density at radius 2 is 2.06 bits per heavy atom. The van der Waals surface area contributed by atoms with Gasteiger partial charge in [0.1, 0.15) is 10.0 Å². The molecule has 0 saturated heterocycles. The molecule has 0 fully saturated rings. The van der Waals surface area contributed by atoms with E-state index in [-0.39, 0.29) is 5.38 Å². The molecule has 0 aliphatic heterocycles. The van der Waals surface area contributed by atoms with Crippen LogP contribution in [0.1, 0.15) is 17.3 Å². The van der Waals surface area contributed by atoms with Crippen molar-refractivity contribution in [2.45, 2.75) is 12.3 Å². The van der Waals surface area contributed by atoms with Crippen molar-refractivity contribution >= 4 is 54.8 Å². The molecule has 0 amide bonds. The minimum Gasteiger partial charge on any atom is -0.142 e. The Hall–Kier alpha value is 0.0300. The van der Waals surface area contributed by atoms with Gasteiger partial charge in [-0.15, -0.1) is 21.8 Å². The predicted molar refractivity (Wildman–Crippen MR) is 75.0 cm³/mol. The Labute approximate surface area is 119 Å². The van der Waals surface area contributed by atoms with Crippen molar-refractivity contribution in [2.75, 3.05) is 0 Å². The number of rotatable bonds is 2. The summed E-state index contributed by atoms with van der Waals surface area (Å²) in [5.41, 5.74) is 1.02. The van der Waals surface area contributed by atoms with Crippen molar-refractivity contribution in [3.05, 3.63) is 32.2 Å². The molecular formula is C10H7Br2ClN2S. The second kappa shape index (κ2) is 5.12. The van der Waals surface area contributed by atoms with Gasteiger partial charge in [0.15, 0.2) is 0 Å². The fourth-order valence-corrected chi connectivity index (χ4v) is 3.07. The molecule has 2 aromatic rings. The summed E-state index contributed by atoms with van der Waals surface area (Å²) >= 11 is 14.4. The van der Waals surface area contributed by atoms with Gasteiger partial charge in [-0.25, -0.2) is 0 Å². The maximum absolute atomic E-state index is 5.96. The zero-order valence-corrected chi connectivity index (χ0v) is 13.0. The summed E-state index contributed by atoms with van der Waals surface area (Å²) < 4.78 is 2.02. The Morgan fingerprint density at radius 1 is 1.31 bits per heavy atom. The number of hydrogen-bond donors (Lipinski definition) is 0. The van der Waals surface area contributed by atoms with Gasteiger partial charge in [-0.1, -0.05) is 43.2 Å². The monoisotopic (exact) mass is 380 g/mol. The third-order valence-electron chi connectivity index (χ3n) is 1.94. The number of benzene rings is 1. The lowest BCUT2D eigenvalue weighted by Gasteiger charge is -2.00. The van der Waals surface area contributed by atoms with Gasteiger partial charge in [0.25, 0.3) is 0 Å². The van der Waals surface area contributed by atoms with Gasteiger partial charge in [-0.2, -0.15) is 0 Å². The van der Waals surface area contributed by atoms with E-state index in [9.17, 15) is 0 Å². The van der Waals surface area contributed by atoms with E-state index in [1.807, 2.05) is 25.1 Å². The smallest absolute Gasteiger partial charge is 0.142 e. The van der Waals surface area contributed by atoms with Crippen LogP contribution >= 0.6 is 54.8 Å². The molecule has 6 heteroatoms. The first-order chi connectivity index (χ1) is 7.58. The number of nitrogens with zero attached hydrogens (tertiary/aromatic N) is 2. The van der Waals surface area contributed by atoms with E-state index in [1.54, 1.807) is 0 Å². The lowest BCUT2D eigenvalue weighted by Crippen LogP contribution is -1.81. The quantitative estimate of drug-likeness (QED) is 0.681. The van der Waals surface area contributed by atoms with Gasteiger partial charge in [0, 0.05) is 14.5 Å². The van der Waals surface area contributed by atoms with Crippen LogP contribution in [0.15, 0.2) is 27.1 Å². The van der Waals surface area contributed by atoms with E-state index in [4.69, 9.17) is 11.6 Å². The van der Waals surface area contributed by atoms with Crippen molar-refractivity contribution < 1.29 is 0 Å². The molecule has 1 atom stereocenters. The van der Waals surface area contributed by atoms with Crippen LogP contribution in [-0.4, -0.2) is 10.2 Å². The third-order valence-corrected chi connectivity index (χ3v) is 4.60. The summed E-state index contributed by atoms with van der Waals surface area (Å²) in [4.78, 5) is 0. The van der Waals surface area contributed by atoms with Crippen LogP contribution in [-0.2, 0) is 0 Å². The highest BCUT2D eigenvalue weighted by molar-refractivity contribution is 9.11. The number of alkyl halides is 1. The number of aromatic nitrogens is 2. The summed E-state index contributed by atoms with van der Waals surface area (Å²) in [5.74, 6) is 0. The molecule has 0 spiro atoms. The molecule has 16 heavy (non-hydrogen) atoms. The van der Waals surface area contributed by atoms with Gasteiger partial charge < -0.3 is 0 Å². The molecule has 1 aromatic carbocycles. The van der Waals surface area contributed by atoms with Crippen molar-refractivity contribution in [1.82, 2.24) is 10.2 Å². The summed E-state index contributed by atoms with van der Waals surface area (Å²) in [6.07, 6.45) is 0. The van der Waals surface area contributed by atoms with Crippen LogP contribution in [0, 0.1) is 0 Å². The molecule has 0 radical (unpaired) electrons. The molecule has 0 aliphatic carbocycles. The lowest BCUT2D eigenvalue weighted by molar-refractivity contribution is 0.962. The molecule has 1 heterocycles. The first kappa shape index (κ1) is 12.5. The molecule has 0 aliphatic rings. The van der Waals surface area contributed by atoms with Crippen molar-refractivity contribution in [3.63, 3.8) is 0 Å². The van der Waals surface area contributed by atoms with Gasteiger partial charge in [-0.3, -0.25) is 0 Å². The molecule has 2 rings (SSSR count). The van der Waals surface area contributed by atoms with Gasteiger partial charge in [0.05, 0.1) is 5.38 Å².